The van der Waals surface area contributed by atoms with Crippen LogP contribution in [0.2, 0.25) is 0 Å². The van der Waals surface area contributed by atoms with Crippen LogP contribution in [0.5, 0.6) is 11.5 Å². The molecule has 4 nitrogen and oxygen atoms in total. The van der Waals surface area contributed by atoms with Crippen LogP contribution in [-0.2, 0) is 9.59 Å². The van der Waals surface area contributed by atoms with E-state index in [-0.39, 0.29) is 11.9 Å². The van der Waals surface area contributed by atoms with Crippen LogP contribution >= 0.6 is 47.0 Å². The molecule has 0 N–H and O–H groups in total. The number of benzene rings is 2. The minimum absolute atomic E-state index is 0.150. The van der Waals surface area contributed by atoms with E-state index < -0.39 is 0 Å². The number of unbranched alkanes of at least 4 members (excludes halogenated alkanes) is 10. The summed E-state index contributed by atoms with van der Waals surface area (Å²) in [5, 5.41) is 4.39. The van der Waals surface area contributed by atoms with Crippen molar-refractivity contribution < 1.29 is 19.1 Å². The molecule has 8 heteroatoms. The molecule has 0 saturated heterocycles. The van der Waals surface area contributed by atoms with E-state index in [0.29, 0.717) is 24.3 Å². The summed E-state index contributed by atoms with van der Waals surface area (Å²) in [4.78, 5) is 26.8. The summed E-state index contributed by atoms with van der Waals surface area (Å²) in [6.07, 6.45) is 14.8. The average molecular weight is 669 g/mol. The van der Waals surface area contributed by atoms with Gasteiger partial charge in [0, 0.05) is 22.7 Å². The molecular formula is C36H44O4S4. The van der Waals surface area contributed by atoms with Gasteiger partial charge in [0.2, 0.25) is 0 Å². The van der Waals surface area contributed by atoms with Gasteiger partial charge in [-0.3, -0.25) is 9.59 Å². The van der Waals surface area contributed by atoms with Crippen molar-refractivity contribution in [2.75, 3.05) is 0 Å². The lowest BCUT2D eigenvalue weighted by Gasteiger charge is -2.08. The van der Waals surface area contributed by atoms with Crippen molar-refractivity contribution in [3.63, 3.8) is 0 Å². The topological polar surface area (TPSA) is 52.6 Å². The molecule has 0 spiro atoms. The monoisotopic (exact) mass is 668 g/mol. The SMILES string of the molecule is CCCCCCCCC(=O)Oc1ccc(C2=CS/C(=C3/SC=C(c4ccc(OC(=O)CCCCCCCC)cc4)S3)S2)cc1. The van der Waals surface area contributed by atoms with Gasteiger partial charge in [-0.2, -0.15) is 0 Å². The van der Waals surface area contributed by atoms with Gasteiger partial charge >= 0.3 is 11.9 Å². The fourth-order valence-corrected chi connectivity index (χ4v) is 9.71. The fourth-order valence-electron chi connectivity index (χ4n) is 4.78. The van der Waals surface area contributed by atoms with E-state index in [1.165, 1.54) is 69.7 Å². The molecule has 0 saturated carbocycles. The van der Waals surface area contributed by atoms with Gasteiger partial charge in [0.1, 0.15) is 11.5 Å². The molecule has 0 aliphatic carbocycles. The summed E-state index contributed by atoms with van der Waals surface area (Å²) in [5.41, 5.74) is 2.24. The van der Waals surface area contributed by atoms with Gasteiger partial charge in [0.05, 0.1) is 8.47 Å². The highest BCUT2D eigenvalue weighted by Gasteiger charge is 2.23. The average Bonchev–Trinajstić information content (AvgIpc) is 3.72. The number of rotatable bonds is 18. The maximum absolute atomic E-state index is 12.2. The highest BCUT2D eigenvalue weighted by Crippen LogP contribution is 2.58. The Kier molecular flexibility index (Phi) is 15.5. The Morgan fingerprint density at radius 1 is 0.523 bits per heavy atom. The molecule has 236 valence electrons. The van der Waals surface area contributed by atoms with Crippen molar-refractivity contribution in [3.05, 3.63) is 78.9 Å². The number of esters is 2. The molecule has 0 amide bonds. The molecular weight excluding hydrogens is 625 g/mol. The van der Waals surface area contributed by atoms with Crippen LogP contribution in [0.25, 0.3) is 9.81 Å². The smallest absolute Gasteiger partial charge is 0.311 e. The van der Waals surface area contributed by atoms with Crippen LogP contribution < -0.4 is 9.47 Å². The van der Waals surface area contributed by atoms with Crippen LogP contribution in [-0.4, -0.2) is 11.9 Å². The first kappa shape index (κ1) is 34.9. The van der Waals surface area contributed by atoms with Gasteiger partial charge in [0.15, 0.2) is 0 Å². The zero-order chi connectivity index (χ0) is 31.0. The molecule has 2 aliphatic rings. The largest absolute Gasteiger partial charge is 0.427 e. The first-order chi connectivity index (χ1) is 21.6. The Bertz CT molecular complexity index is 1210. The van der Waals surface area contributed by atoms with Crippen molar-refractivity contribution in [1.82, 2.24) is 0 Å². The number of carbonyl (C=O) groups is 2. The van der Waals surface area contributed by atoms with Crippen LogP contribution in [0.1, 0.15) is 115 Å². The van der Waals surface area contributed by atoms with Crippen molar-refractivity contribution in [2.45, 2.75) is 104 Å². The highest BCUT2D eigenvalue weighted by molar-refractivity contribution is 8.36. The van der Waals surface area contributed by atoms with Crippen LogP contribution in [0.3, 0.4) is 0 Å². The van der Waals surface area contributed by atoms with Crippen molar-refractivity contribution in [1.29, 1.82) is 0 Å². The van der Waals surface area contributed by atoms with Gasteiger partial charge in [-0.15, -0.1) is 0 Å². The quantitative estimate of drug-likeness (QED) is 0.0883. The predicted molar refractivity (Wildman–Crippen MR) is 193 cm³/mol. The molecule has 2 heterocycles. The Morgan fingerprint density at radius 2 is 0.886 bits per heavy atom. The maximum atomic E-state index is 12.2. The molecule has 0 bridgehead atoms. The summed E-state index contributed by atoms with van der Waals surface area (Å²) in [6, 6.07) is 15.7. The number of carbonyl (C=O) groups excluding carboxylic acids is 2. The molecule has 0 fully saturated rings. The second-order valence-electron chi connectivity index (χ2n) is 11.0. The summed E-state index contributed by atoms with van der Waals surface area (Å²) >= 11 is 7.07. The Morgan fingerprint density at radius 3 is 1.27 bits per heavy atom. The van der Waals surface area contributed by atoms with Gasteiger partial charge in [-0.1, -0.05) is 149 Å². The summed E-state index contributed by atoms with van der Waals surface area (Å²) < 4.78 is 13.7. The molecule has 4 rings (SSSR count). The minimum atomic E-state index is -0.150. The van der Waals surface area contributed by atoms with E-state index in [1.807, 2.05) is 48.5 Å². The molecule has 2 aromatic carbocycles. The molecule has 0 radical (unpaired) electrons. The van der Waals surface area contributed by atoms with Crippen LogP contribution in [0, 0.1) is 0 Å². The van der Waals surface area contributed by atoms with E-state index in [0.717, 1.165) is 36.8 Å². The van der Waals surface area contributed by atoms with E-state index in [4.69, 9.17) is 9.47 Å². The Balaban J connectivity index is 1.19. The molecule has 44 heavy (non-hydrogen) atoms. The zero-order valence-corrected chi connectivity index (χ0v) is 29.2. The second kappa shape index (κ2) is 19.5. The zero-order valence-electron chi connectivity index (χ0n) is 25.9. The number of hydrogen-bond acceptors (Lipinski definition) is 8. The van der Waals surface area contributed by atoms with E-state index in [1.54, 1.807) is 47.0 Å². The third kappa shape index (κ3) is 11.7. The van der Waals surface area contributed by atoms with Crippen molar-refractivity contribution in [2.24, 2.45) is 0 Å². The summed E-state index contributed by atoms with van der Waals surface area (Å²) in [7, 11) is 0. The van der Waals surface area contributed by atoms with E-state index in [9.17, 15) is 9.59 Å². The lowest BCUT2D eigenvalue weighted by Crippen LogP contribution is -2.07. The standard InChI is InChI=1S/C36H44O4S4/c1-3-5-7-9-11-13-15-33(37)39-29-21-17-27(18-22-29)31-25-41-35(43-31)36-42-26-32(44-36)28-19-23-30(24-20-28)40-34(38)16-14-12-10-8-6-4-2/h17-26H,3-16H2,1-2H3/b36-35+. The summed E-state index contributed by atoms with van der Waals surface area (Å²) in [6.45, 7) is 4.42. The lowest BCUT2D eigenvalue weighted by molar-refractivity contribution is -0.135. The lowest BCUT2D eigenvalue weighted by atomic mass is 10.1. The normalized spacial score (nSPS) is 16.1. The molecule has 0 aromatic heterocycles. The fraction of sp³-hybridized carbons (Fsp3) is 0.444. The molecule has 2 aliphatic heterocycles. The predicted octanol–water partition coefficient (Wildman–Crippen LogP) is 12.4. The highest BCUT2D eigenvalue weighted by atomic mass is 32.2. The number of hydrogen-bond donors (Lipinski definition) is 0. The number of thioether (sulfide) groups is 4. The first-order valence-corrected chi connectivity index (χ1v) is 19.4. The molecule has 2 aromatic rings. The van der Waals surface area contributed by atoms with E-state index in [2.05, 4.69) is 24.7 Å². The Hall–Kier alpha value is -2.00. The number of ether oxygens (including phenoxy) is 2. The molecule has 0 atom stereocenters. The van der Waals surface area contributed by atoms with Crippen LogP contribution in [0.4, 0.5) is 0 Å². The Labute approximate surface area is 280 Å². The van der Waals surface area contributed by atoms with Crippen molar-refractivity contribution in [3.8, 4) is 11.5 Å². The van der Waals surface area contributed by atoms with Gasteiger partial charge in [0.25, 0.3) is 0 Å². The van der Waals surface area contributed by atoms with Crippen LogP contribution in [0.15, 0.2) is 67.8 Å². The third-order valence-corrected chi connectivity index (χ3v) is 12.7. The summed E-state index contributed by atoms with van der Waals surface area (Å²) in [5.74, 6) is 0.911. The molecule has 0 unspecified atom stereocenters. The minimum Gasteiger partial charge on any atom is -0.427 e. The van der Waals surface area contributed by atoms with Gasteiger partial charge in [-0.25, -0.2) is 0 Å². The van der Waals surface area contributed by atoms with Gasteiger partial charge < -0.3 is 9.47 Å². The first-order valence-electron chi connectivity index (χ1n) is 16.0. The third-order valence-electron chi connectivity index (χ3n) is 7.33. The van der Waals surface area contributed by atoms with Gasteiger partial charge in [-0.05, 0) is 59.1 Å². The maximum Gasteiger partial charge on any atom is 0.311 e. The van der Waals surface area contributed by atoms with E-state index >= 15 is 0 Å². The second-order valence-corrected chi connectivity index (χ2v) is 15.4. The van der Waals surface area contributed by atoms with Crippen molar-refractivity contribution >= 4 is 68.8 Å².